The molecular formula is C9H9BrN2S. The molecule has 0 saturated carbocycles. The summed E-state index contributed by atoms with van der Waals surface area (Å²) in [4.78, 5) is 4.30. The van der Waals surface area contributed by atoms with Crippen molar-refractivity contribution in [3.05, 3.63) is 23.3 Å². The molecule has 0 amide bonds. The first-order chi connectivity index (χ1) is 6.22. The second-order valence-electron chi connectivity index (χ2n) is 2.91. The highest BCUT2D eigenvalue weighted by Crippen LogP contribution is 2.30. The summed E-state index contributed by atoms with van der Waals surface area (Å²) in [6, 6.07) is 4.20. The number of nitrogens with two attached hydrogens (primary N) is 1. The second kappa shape index (κ2) is 3.27. The van der Waals surface area contributed by atoms with Crippen LogP contribution in [0.5, 0.6) is 0 Å². The Morgan fingerprint density at radius 1 is 1.54 bits per heavy atom. The summed E-state index contributed by atoms with van der Waals surface area (Å²) in [7, 11) is 0. The minimum Gasteiger partial charge on any atom is -0.375 e. The normalized spacial score (nSPS) is 10.9. The minimum atomic E-state index is 0.645. The van der Waals surface area contributed by atoms with Crippen LogP contribution in [0.3, 0.4) is 0 Å². The number of fused-ring (bicyclic) bond motifs is 1. The first-order valence-electron chi connectivity index (χ1n) is 3.93. The van der Waals surface area contributed by atoms with Crippen molar-refractivity contribution < 1.29 is 0 Å². The lowest BCUT2D eigenvalue weighted by Crippen LogP contribution is -1.83. The van der Waals surface area contributed by atoms with Gasteiger partial charge in [-0.3, -0.25) is 0 Å². The maximum Gasteiger partial charge on any atom is 0.181 e. The first kappa shape index (κ1) is 8.97. The summed E-state index contributed by atoms with van der Waals surface area (Å²) in [5.74, 6) is 0. The van der Waals surface area contributed by atoms with Crippen molar-refractivity contribution in [2.24, 2.45) is 0 Å². The highest BCUT2D eigenvalue weighted by Gasteiger charge is 2.07. The van der Waals surface area contributed by atoms with Gasteiger partial charge in [-0.2, -0.15) is 0 Å². The summed E-state index contributed by atoms with van der Waals surface area (Å²) >= 11 is 5.00. The number of benzene rings is 1. The molecule has 0 atom stereocenters. The molecule has 1 aromatic carbocycles. The fourth-order valence-corrected chi connectivity index (χ4v) is 2.88. The number of aryl methyl sites for hydroxylation is 1. The molecule has 0 saturated heterocycles. The van der Waals surface area contributed by atoms with Crippen molar-refractivity contribution in [2.75, 3.05) is 5.73 Å². The zero-order chi connectivity index (χ0) is 9.42. The summed E-state index contributed by atoms with van der Waals surface area (Å²) in [6.45, 7) is 2.06. The van der Waals surface area contributed by atoms with Gasteiger partial charge in [-0.1, -0.05) is 39.4 Å². The van der Waals surface area contributed by atoms with Gasteiger partial charge in [-0.05, 0) is 18.1 Å². The van der Waals surface area contributed by atoms with Crippen LogP contribution in [0, 0.1) is 6.92 Å². The highest BCUT2D eigenvalue weighted by atomic mass is 79.9. The average molecular weight is 257 g/mol. The van der Waals surface area contributed by atoms with E-state index in [9.17, 15) is 0 Å². The fraction of sp³-hybridized carbons (Fsp3) is 0.222. The lowest BCUT2D eigenvalue weighted by molar-refractivity contribution is 1.40. The Bertz CT molecular complexity index is 450. The Morgan fingerprint density at radius 3 is 3.00 bits per heavy atom. The van der Waals surface area contributed by atoms with Gasteiger partial charge in [0.1, 0.15) is 0 Å². The number of alkyl halides is 1. The molecule has 0 aliphatic carbocycles. The smallest absolute Gasteiger partial charge is 0.181 e. The molecule has 0 aliphatic rings. The van der Waals surface area contributed by atoms with E-state index in [2.05, 4.69) is 40.0 Å². The van der Waals surface area contributed by atoms with Crippen LogP contribution in [0.25, 0.3) is 10.2 Å². The molecule has 0 unspecified atom stereocenters. The largest absolute Gasteiger partial charge is 0.375 e. The van der Waals surface area contributed by atoms with Gasteiger partial charge in [-0.25, -0.2) is 4.98 Å². The van der Waals surface area contributed by atoms with Crippen LogP contribution in [0.4, 0.5) is 5.13 Å². The molecule has 0 aliphatic heterocycles. The van der Waals surface area contributed by atoms with Crippen LogP contribution in [-0.4, -0.2) is 4.98 Å². The van der Waals surface area contributed by atoms with Gasteiger partial charge in [0.15, 0.2) is 5.13 Å². The molecule has 2 nitrogen and oxygen atoms in total. The van der Waals surface area contributed by atoms with Crippen LogP contribution in [0.2, 0.25) is 0 Å². The van der Waals surface area contributed by atoms with Crippen molar-refractivity contribution in [3.8, 4) is 0 Å². The van der Waals surface area contributed by atoms with Crippen LogP contribution >= 0.6 is 27.3 Å². The standard InChI is InChI=1S/C9H9BrN2S/c1-5-2-3-6(4-10)8-7(5)12-9(11)13-8/h2-3H,4H2,1H3,(H2,11,12). The van der Waals surface area contributed by atoms with Crippen LogP contribution < -0.4 is 5.73 Å². The maximum absolute atomic E-state index is 5.68. The molecule has 2 rings (SSSR count). The Hall–Kier alpha value is -0.610. The van der Waals surface area contributed by atoms with Crippen LogP contribution in [0.1, 0.15) is 11.1 Å². The van der Waals surface area contributed by atoms with Crippen molar-refractivity contribution in [2.45, 2.75) is 12.3 Å². The fourth-order valence-electron chi connectivity index (χ4n) is 1.31. The van der Waals surface area contributed by atoms with Crippen molar-refractivity contribution in [1.82, 2.24) is 4.98 Å². The van der Waals surface area contributed by atoms with Gasteiger partial charge >= 0.3 is 0 Å². The molecule has 0 bridgehead atoms. The van der Waals surface area contributed by atoms with E-state index in [-0.39, 0.29) is 0 Å². The monoisotopic (exact) mass is 256 g/mol. The Morgan fingerprint density at radius 2 is 2.31 bits per heavy atom. The quantitative estimate of drug-likeness (QED) is 0.797. The molecule has 2 aromatic rings. The number of hydrogen-bond acceptors (Lipinski definition) is 3. The highest BCUT2D eigenvalue weighted by molar-refractivity contribution is 9.08. The zero-order valence-electron chi connectivity index (χ0n) is 7.17. The van der Waals surface area contributed by atoms with Gasteiger partial charge in [0.2, 0.25) is 0 Å². The second-order valence-corrected chi connectivity index (χ2v) is 4.50. The number of anilines is 1. The SMILES string of the molecule is Cc1ccc(CBr)c2sc(N)nc12. The predicted molar refractivity (Wildman–Crippen MR) is 61.4 cm³/mol. The van der Waals surface area contributed by atoms with Crippen molar-refractivity contribution in [3.63, 3.8) is 0 Å². The lowest BCUT2D eigenvalue weighted by atomic mass is 10.1. The molecule has 1 aromatic heterocycles. The van der Waals surface area contributed by atoms with E-state index in [1.807, 2.05) is 0 Å². The van der Waals surface area contributed by atoms with Crippen molar-refractivity contribution >= 4 is 42.6 Å². The van der Waals surface area contributed by atoms with Crippen molar-refractivity contribution in [1.29, 1.82) is 0 Å². The van der Waals surface area contributed by atoms with E-state index in [1.54, 1.807) is 11.3 Å². The molecule has 2 N–H and O–H groups in total. The van der Waals surface area contributed by atoms with Gasteiger partial charge in [-0.15, -0.1) is 0 Å². The zero-order valence-corrected chi connectivity index (χ0v) is 9.58. The summed E-state index contributed by atoms with van der Waals surface area (Å²) in [5, 5.41) is 1.50. The number of thiazole rings is 1. The summed E-state index contributed by atoms with van der Waals surface area (Å²) in [6.07, 6.45) is 0. The van der Waals surface area contributed by atoms with Crippen LogP contribution in [-0.2, 0) is 5.33 Å². The van der Waals surface area contributed by atoms with E-state index in [1.165, 1.54) is 15.8 Å². The van der Waals surface area contributed by atoms with Gasteiger partial charge in [0.25, 0.3) is 0 Å². The van der Waals surface area contributed by atoms with E-state index in [4.69, 9.17) is 5.73 Å². The number of nitrogens with zero attached hydrogens (tertiary/aromatic N) is 1. The topological polar surface area (TPSA) is 38.9 Å². The molecule has 1 heterocycles. The van der Waals surface area contributed by atoms with Gasteiger partial charge < -0.3 is 5.73 Å². The lowest BCUT2D eigenvalue weighted by Gasteiger charge is -1.98. The number of nitrogen functional groups attached to an aromatic ring is 1. The van der Waals surface area contributed by atoms with E-state index >= 15 is 0 Å². The molecule has 4 heteroatoms. The number of aromatic nitrogens is 1. The molecule has 0 radical (unpaired) electrons. The van der Waals surface area contributed by atoms with Crippen LogP contribution in [0.15, 0.2) is 12.1 Å². The molecule has 68 valence electrons. The van der Waals surface area contributed by atoms with Gasteiger partial charge in [0.05, 0.1) is 10.2 Å². The Balaban J connectivity index is 2.83. The molecule has 0 fully saturated rings. The number of halogens is 1. The predicted octanol–water partition coefficient (Wildman–Crippen LogP) is 3.08. The summed E-state index contributed by atoms with van der Waals surface area (Å²) < 4.78 is 1.20. The Labute approximate surface area is 88.9 Å². The number of rotatable bonds is 1. The third-order valence-corrected chi connectivity index (χ3v) is 3.55. The average Bonchev–Trinajstić information content (AvgIpc) is 2.48. The molecular weight excluding hydrogens is 248 g/mol. The van der Waals surface area contributed by atoms with Gasteiger partial charge in [0, 0.05) is 5.33 Å². The number of hydrogen-bond donors (Lipinski definition) is 1. The first-order valence-corrected chi connectivity index (χ1v) is 5.86. The minimum absolute atomic E-state index is 0.645. The molecule has 13 heavy (non-hydrogen) atoms. The van der Waals surface area contributed by atoms with E-state index < -0.39 is 0 Å². The molecule has 0 spiro atoms. The third-order valence-electron chi connectivity index (χ3n) is 1.99. The Kier molecular flexibility index (Phi) is 2.26. The summed E-state index contributed by atoms with van der Waals surface area (Å²) in [5.41, 5.74) is 9.16. The van der Waals surface area contributed by atoms with E-state index in [0.717, 1.165) is 10.8 Å². The third kappa shape index (κ3) is 1.44. The maximum atomic E-state index is 5.68. The van der Waals surface area contributed by atoms with E-state index in [0.29, 0.717) is 5.13 Å².